The van der Waals surface area contributed by atoms with Crippen LogP contribution in [0.15, 0.2) is 30.3 Å². The van der Waals surface area contributed by atoms with Crippen LogP contribution in [0.2, 0.25) is 0 Å². The van der Waals surface area contributed by atoms with Gasteiger partial charge < -0.3 is 14.8 Å². The lowest BCUT2D eigenvalue weighted by Gasteiger charge is -2.17. The molecule has 5 nitrogen and oxygen atoms in total. The van der Waals surface area contributed by atoms with Crippen molar-refractivity contribution in [2.75, 3.05) is 13.7 Å². The summed E-state index contributed by atoms with van der Waals surface area (Å²) in [6.07, 6.45) is 9.27. The molecule has 0 radical (unpaired) electrons. The van der Waals surface area contributed by atoms with Crippen LogP contribution in [0.3, 0.4) is 0 Å². The SMILES string of the molecule is CCCCCCCCCCOC(=O)C(Cc1ccccc1)NC(=O)OC. The summed E-state index contributed by atoms with van der Waals surface area (Å²) in [6.45, 7) is 2.61. The first-order valence-electron chi connectivity index (χ1n) is 9.72. The lowest BCUT2D eigenvalue weighted by atomic mass is 10.1. The molecular formula is C21H33NO4. The van der Waals surface area contributed by atoms with E-state index in [-0.39, 0.29) is 0 Å². The van der Waals surface area contributed by atoms with Gasteiger partial charge >= 0.3 is 12.1 Å². The molecule has 1 unspecified atom stereocenters. The number of amides is 1. The van der Waals surface area contributed by atoms with E-state index in [4.69, 9.17) is 4.74 Å². The quantitative estimate of drug-likeness (QED) is 0.410. The van der Waals surface area contributed by atoms with Gasteiger partial charge in [-0.05, 0) is 12.0 Å². The molecule has 0 aromatic heterocycles. The molecule has 0 fully saturated rings. The van der Waals surface area contributed by atoms with Crippen LogP contribution in [0.4, 0.5) is 4.79 Å². The third-order valence-electron chi connectivity index (χ3n) is 4.29. The second kappa shape index (κ2) is 14.2. The molecular weight excluding hydrogens is 330 g/mol. The van der Waals surface area contributed by atoms with Gasteiger partial charge in [0.05, 0.1) is 13.7 Å². The number of unbranched alkanes of at least 4 members (excludes halogenated alkanes) is 7. The molecule has 1 amide bonds. The van der Waals surface area contributed by atoms with Crippen LogP contribution in [0.25, 0.3) is 0 Å². The highest BCUT2D eigenvalue weighted by atomic mass is 16.5. The van der Waals surface area contributed by atoms with Crippen LogP contribution in [0, 0.1) is 0 Å². The van der Waals surface area contributed by atoms with Crippen molar-refractivity contribution in [3.63, 3.8) is 0 Å². The Balaban J connectivity index is 2.30. The molecule has 0 aliphatic heterocycles. The molecule has 0 bridgehead atoms. The molecule has 0 heterocycles. The smallest absolute Gasteiger partial charge is 0.407 e. The number of esters is 1. The molecule has 0 aliphatic rings. The minimum Gasteiger partial charge on any atom is -0.464 e. The molecule has 1 N–H and O–H groups in total. The summed E-state index contributed by atoms with van der Waals surface area (Å²) >= 11 is 0. The number of nitrogens with one attached hydrogen (secondary N) is 1. The van der Waals surface area contributed by atoms with Gasteiger partial charge in [0.2, 0.25) is 0 Å². The molecule has 26 heavy (non-hydrogen) atoms. The van der Waals surface area contributed by atoms with Gasteiger partial charge in [-0.25, -0.2) is 9.59 Å². The zero-order valence-corrected chi connectivity index (χ0v) is 16.2. The summed E-state index contributed by atoms with van der Waals surface area (Å²) in [5.74, 6) is -0.415. The predicted octanol–water partition coefficient (Wildman–Crippen LogP) is 4.64. The molecule has 0 saturated heterocycles. The molecule has 0 saturated carbocycles. The molecule has 5 heteroatoms. The summed E-state index contributed by atoms with van der Waals surface area (Å²) in [5, 5.41) is 2.56. The highest BCUT2D eigenvalue weighted by Gasteiger charge is 2.23. The number of hydrogen-bond acceptors (Lipinski definition) is 4. The van der Waals surface area contributed by atoms with E-state index < -0.39 is 18.1 Å². The Morgan fingerprint density at radius 2 is 1.58 bits per heavy atom. The summed E-state index contributed by atoms with van der Waals surface area (Å²) in [7, 11) is 1.28. The second-order valence-corrected chi connectivity index (χ2v) is 6.52. The van der Waals surface area contributed by atoms with Crippen LogP contribution < -0.4 is 5.32 Å². The van der Waals surface area contributed by atoms with Gasteiger partial charge in [0.15, 0.2) is 0 Å². The van der Waals surface area contributed by atoms with Gasteiger partial charge in [-0.2, -0.15) is 0 Å². The number of alkyl carbamates (subject to hydrolysis) is 1. The van der Waals surface area contributed by atoms with E-state index in [1.165, 1.54) is 45.6 Å². The van der Waals surface area contributed by atoms with Crippen LogP contribution in [0.1, 0.15) is 63.9 Å². The normalized spacial score (nSPS) is 11.6. The maximum atomic E-state index is 12.3. The maximum Gasteiger partial charge on any atom is 0.407 e. The lowest BCUT2D eigenvalue weighted by molar-refractivity contribution is -0.146. The molecule has 0 aliphatic carbocycles. The zero-order valence-electron chi connectivity index (χ0n) is 16.2. The Morgan fingerprint density at radius 3 is 2.19 bits per heavy atom. The minimum absolute atomic E-state index is 0.381. The van der Waals surface area contributed by atoms with Crippen molar-refractivity contribution >= 4 is 12.1 Å². The fourth-order valence-electron chi connectivity index (χ4n) is 2.75. The average molecular weight is 363 g/mol. The number of rotatable bonds is 13. The first kappa shape index (κ1) is 22.0. The van der Waals surface area contributed by atoms with Gasteiger partial charge in [-0.15, -0.1) is 0 Å². The van der Waals surface area contributed by atoms with Crippen molar-refractivity contribution in [2.24, 2.45) is 0 Å². The van der Waals surface area contributed by atoms with Crippen molar-refractivity contribution in [3.05, 3.63) is 35.9 Å². The van der Waals surface area contributed by atoms with Crippen LogP contribution in [-0.2, 0) is 20.7 Å². The Bertz CT molecular complexity index is 504. The van der Waals surface area contributed by atoms with Crippen LogP contribution >= 0.6 is 0 Å². The number of methoxy groups -OCH3 is 1. The summed E-state index contributed by atoms with van der Waals surface area (Å²) in [4.78, 5) is 23.8. The Kier molecular flexibility index (Phi) is 12.0. The summed E-state index contributed by atoms with van der Waals surface area (Å²) < 4.78 is 9.97. The van der Waals surface area contributed by atoms with E-state index in [1.807, 2.05) is 30.3 Å². The molecule has 0 spiro atoms. The summed E-state index contributed by atoms with van der Waals surface area (Å²) in [6, 6.07) is 8.80. The van der Waals surface area contributed by atoms with Crippen molar-refractivity contribution in [1.29, 1.82) is 0 Å². The fraction of sp³-hybridized carbons (Fsp3) is 0.619. The molecule has 1 rings (SSSR count). The first-order valence-corrected chi connectivity index (χ1v) is 9.72. The first-order chi connectivity index (χ1) is 12.7. The maximum absolute atomic E-state index is 12.3. The largest absolute Gasteiger partial charge is 0.464 e. The topological polar surface area (TPSA) is 64.6 Å². The average Bonchev–Trinajstić information content (AvgIpc) is 2.66. The van der Waals surface area contributed by atoms with Gasteiger partial charge in [0.25, 0.3) is 0 Å². The van der Waals surface area contributed by atoms with Gasteiger partial charge in [0.1, 0.15) is 6.04 Å². The molecule has 1 aromatic carbocycles. The monoisotopic (exact) mass is 363 g/mol. The van der Waals surface area contributed by atoms with Gasteiger partial charge in [-0.1, -0.05) is 82.2 Å². The van der Waals surface area contributed by atoms with Crippen LogP contribution in [0.5, 0.6) is 0 Å². The molecule has 1 aromatic rings. The highest BCUT2D eigenvalue weighted by molar-refractivity contribution is 5.81. The van der Waals surface area contributed by atoms with Crippen molar-refractivity contribution < 1.29 is 19.1 Å². The standard InChI is InChI=1S/C21H33NO4/c1-3-4-5-6-7-8-9-13-16-26-20(23)19(22-21(24)25-2)17-18-14-11-10-12-15-18/h10-12,14-15,19H,3-9,13,16-17H2,1-2H3,(H,22,24). The van der Waals surface area contributed by atoms with Crippen molar-refractivity contribution in [2.45, 2.75) is 70.8 Å². The Labute approximate surface area is 157 Å². The predicted molar refractivity (Wildman–Crippen MR) is 103 cm³/mol. The number of ether oxygens (including phenoxy) is 2. The third-order valence-corrected chi connectivity index (χ3v) is 4.29. The van der Waals surface area contributed by atoms with Gasteiger partial charge in [0, 0.05) is 6.42 Å². The highest BCUT2D eigenvalue weighted by Crippen LogP contribution is 2.09. The van der Waals surface area contributed by atoms with E-state index >= 15 is 0 Å². The number of carbonyl (C=O) groups excluding carboxylic acids is 2. The second-order valence-electron chi connectivity index (χ2n) is 6.52. The Morgan fingerprint density at radius 1 is 0.962 bits per heavy atom. The molecule has 146 valence electrons. The zero-order chi connectivity index (χ0) is 19.0. The van der Waals surface area contributed by atoms with Gasteiger partial charge in [-0.3, -0.25) is 0 Å². The third kappa shape index (κ3) is 10.1. The van der Waals surface area contributed by atoms with Crippen molar-refractivity contribution in [1.82, 2.24) is 5.32 Å². The minimum atomic E-state index is -0.737. The van der Waals surface area contributed by atoms with Crippen molar-refractivity contribution in [3.8, 4) is 0 Å². The van der Waals surface area contributed by atoms with Crippen LogP contribution in [-0.4, -0.2) is 31.8 Å². The molecule has 1 atom stereocenters. The number of hydrogen-bond donors (Lipinski definition) is 1. The number of carbonyl (C=O) groups is 2. The van der Waals surface area contributed by atoms with E-state index in [2.05, 4.69) is 17.0 Å². The summed E-state index contributed by atoms with van der Waals surface area (Å²) in [5.41, 5.74) is 0.956. The van der Waals surface area contributed by atoms with E-state index in [0.717, 1.165) is 18.4 Å². The number of benzene rings is 1. The van der Waals surface area contributed by atoms with E-state index in [9.17, 15) is 9.59 Å². The van der Waals surface area contributed by atoms with E-state index in [0.29, 0.717) is 13.0 Å². The Hall–Kier alpha value is -2.04. The fourth-order valence-corrected chi connectivity index (χ4v) is 2.75. The lowest BCUT2D eigenvalue weighted by Crippen LogP contribution is -2.43. The van der Waals surface area contributed by atoms with E-state index in [1.54, 1.807) is 0 Å².